The van der Waals surface area contributed by atoms with Crippen LogP contribution in [0.5, 0.6) is 0 Å². The molecule has 4 rings (SSSR count). The van der Waals surface area contributed by atoms with Crippen molar-refractivity contribution in [3.63, 3.8) is 0 Å². The molecule has 152 valence electrons. The van der Waals surface area contributed by atoms with Gasteiger partial charge in [-0.1, -0.05) is 59.7 Å². The first-order valence-electron chi connectivity index (χ1n) is 8.33. The normalized spacial score (nSPS) is 13.1. The number of hydrogen-bond acceptors (Lipinski definition) is 7. The highest BCUT2D eigenvalue weighted by atomic mass is 35.5. The number of nitrogens with two attached hydrogens (primary N) is 1. The predicted octanol–water partition coefficient (Wildman–Crippen LogP) is -3.05. The number of quaternary nitrogens is 1. The number of anilines is 2. The third-order valence-corrected chi connectivity index (χ3v) is 3.73. The molecule has 0 saturated heterocycles. The van der Waals surface area contributed by atoms with Crippen LogP contribution in [0.15, 0.2) is 96.1 Å². The topological polar surface area (TPSA) is 122 Å². The lowest BCUT2D eigenvalue weighted by Gasteiger charge is -2.36. The van der Waals surface area contributed by atoms with Gasteiger partial charge >= 0.3 is 0 Å². The summed E-state index contributed by atoms with van der Waals surface area (Å²) < 4.78 is 8.55. The summed E-state index contributed by atoms with van der Waals surface area (Å²) in [5, 5.41) is 8.80. The van der Waals surface area contributed by atoms with Gasteiger partial charge in [0, 0.05) is 0 Å². The number of phosphoric acid groups is 1. The first kappa shape index (κ1) is 22.6. The van der Waals surface area contributed by atoms with Crippen molar-refractivity contribution in [2.75, 3.05) is 10.2 Å². The number of benzene rings is 3. The summed E-state index contributed by atoms with van der Waals surface area (Å²) >= 11 is 0. The third kappa shape index (κ3) is 6.69. The number of hydrogen-bond donors (Lipinski definition) is 1. The molecule has 0 aromatic heterocycles. The quantitative estimate of drug-likeness (QED) is 0.347. The third-order valence-electron chi connectivity index (χ3n) is 3.73. The van der Waals surface area contributed by atoms with Gasteiger partial charge in [0.2, 0.25) is 0 Å². The van der Waals surface area contributed by atoms with E-state index >= 15 is 0 Å². The Balaban J connectivity index is 0.000000450. The van der Waals surface area contributed by atoms with Crippen LogP contribution < -0.4 is 42.7 Å². The summed E-state index contributed by atoms with van der Waals surface area (Å²) in [6.07, 6.45) is 0. The SMILES string of the molecule is O=P([O-])([O-])[O-].[Cl-].c1ccc(C2=NN(c3ccccc3)N(c3ccccc3)[NH2+]2)cc1. The van der Waals surface area contributed by atoms with E-state index in [2.05, 4.69) is 46.9 Å². The van der Waals surface area contributed by atoms with E-state index in [9.17, 15) is 0 Å². The number of hydrazine groups is 1. The molecule has 0 fully saturated rings. The first-order chi connectivity index (χ1) is 13.4. The average molecular weight is 432 g/mol. The van der Waals surface area contributed by atoms with Crippen molar-refractivity contribution in [3.05, 3.63) is 96.6 Å². The van der Waals surface area contributed by atoms with E-state index in [-0.39, 0.29) is 12.4 Å². The zero-order chi connectivity index (χ0) is 20.0. The maximum atomic E-state index is 8.55. The molecule has 8 nitrogen and oxygen atoms in total. The van der Waals surface area contributed by atoms with E-state index in [1.54, 1.807) is 0 Å². The van der Waals surface area contributed by atoms with Gasteiger partial charge in [0.1, 0.15) is 5.69 Å². The summed E-state index contributed by atoms with van der Waals surface area (Å²) in [6, 6.07) is 30.6. The molecular formula is C19H17ClN4O4P-3. The number of rotatable bonds is 3. The number of para-hydroxylation sites is 2. The van der Waals surface area contributed by atoms with Gasteiger partial charge < -0.3 is 31.7 Å². The molecule has 3 aromatic carbocycles. The summed E-state index contributed by atoms with van der Waals surface area (Å²) in [5.74, 6) is 0.943. The monoisotopic (exact) mass is 431 g/mol. The summed E-state index contributed by atoms with van der Waals surface area (Å²) in [6.45, 7) is 0. The van der Waals surface area contributed by atoms with Crippen molar-refractivity contribution >= 4 is 25.0 Å². The van der Waals surface area contributed by atoms with E-state index < -0.39 is 7.82 Å². The Hall–Kier alpha value is -2.71. The van der Waals surface area contributed by atoms with E-state index in [4.69, 9.17) is 24.3 Å². The smallest absolute Gasteiger partial charge is 0.277 e. The van der Waals surface area contributed by atoms with Crippen LogP contribution in [0.3, 0.4) is 0 Å². The molecule has 2 N–H and O–H groups in total. The highest BCUT2D eigenvalue weighted by Gasteiger charge is 2.30. The van der Waals surface area contributed by atoms with E-state index in [1.165, 1.54) is 0 Å². The fourth-order valence-electron chi connectivity index (χ4n) is 2.60. The Morgan fingerprint density at radius 3 is 1.62 bits per heavy atom. The zero-order valence-electron chi connectivity index (χ0n) is 15.0. The molecule has 3 aromatic rings. The lowest BCUT2D eigenvalue weighted by molar-refractivity contribution is -0.545. The number of nitrogens with zero attached hydrogens (tertiary/aromatic N) is 3. The van der Waals surface area contributed by atoms with Crippen molar-refractivity contribution in [3.8, 4) is 0 Å². The zero-order valence-corrected chi connectivity index (χ0v) is 16.7. The summed E-state index contributed by atoms with van der Waals surface area (Å²) in [4.78, 5) is 25.6. The number of hydrazone groups is 1. The van der Waals surface area contributed by atoms with Gasteiger partial charge in [0.05, 0.1) is 11.3 Å². The molecule has 0 spiro atoms. The lowest BCUT2D eigenvalue weighted by atomic mass is 10.2. The molecule has 0 amide bonds. The first-order valence-corrected chi connectivity index (χ1v) is 9.79. The lowest BCUT2D eigenvalue weighted by Crippen LogP contribution is -3.00. The Morgan fingerprint density at radius 1 is 0.724 bits per heavy atom. The second-order valence-electron chi connectivity index (χ2n) is 5.73. The van der Waals surface area contributed by atoms with Gasteiger partial charge in [-0.15, -0.1) is 10.2 Å². The molecule has 0 atom stereocenters. The second kappa shape index (κ2) is 10.2. The minimum atomic E-state index is -5.39. The maximum Gasteiger partial charge on any atom is 0.277 e. The average Bonchev–Trinajstić information content (AvgIpc) is 3.14. The highest BCUT2D eigenvalue weighted by Crippen LogP contribution is 2.22. The highest BCUT2D eigenvalue weighted by molar-refractivity contribution is 7.40. The van der Waals surface area contributed by atoms with Crippen LogP contribution in [0.25, 0.3) is 0 Å². The predicted molar refractivity (Wildman–Crippen MR) is 100 cm³/mol. The minimum absolute atomic E-state index is 0. The van der Waals surface area contributed by atoms with Crippen molar-refractivity contribution < 1.29 is 37.1 Å². The van der Waals surface area contributed by atoms with Gasteiger partial charge in [-0.05, 0) is 36.4 Å². The largest absolute Gasteiger partial charge is 1.00 e. The van der Waals surface area contributed by atoms with Crippen molar-refractivity contribution in [2.24, 2.45) is 5.10 Å². The fraction of sp³-hybridized carbons (Fsp3) is 0. The van der Waals surface area contributed by atoms with Crippen LogP contribution in [0.2, 0.25) is 0 Å². The molecule has 0 aliphatic carbocycles. The summed E-state index contributed by atoms with van der Waals surface area (Å²) in [7, 11) is -5.39. The minimum Gasteiger partial charge on any atom is -1.00 e. The molecule has 0 bridgehead atoms. The van der Waals surface area contributed by atoms with Gasteiger partial charge in [0.25, 0.3) is 5.84 Å². The van der Waals surface area contributed by atoms with Crippen LogP contribution in [0.4, 0.5) is 11.4 Å². The standard InChI is InChI=1S/C19H16N4.ClH.H3O4P/c1-4-10-16(11-5-1)19-20-22(17-12-6-2-7-13-17)23(21-19)18-14-8-3-9-15-18;;1-5(2,3)4/h1-15H,(H,20,21);1H;(H3,1,2,3,4)/p-3. The Labute approximate surface area is 174 Å². The molecular weight excluding hydrogens is 415 g/mol. The van der Waals surface area contributed by atoms with Crippen LogP contribution in [0, 0.1) is 0 Å². The molecule has 0 saturated carbocycles. The molecule has 1 heterocycles. The van der Waals surface area contributed by atoms with Crippen LogP contribution >= 0.6 is 7.82 Å². The van der Waals surface area contributed by atoms with E-state index in [1.807, 2.05) is 59.7 Å². The molecule has 0 radical (unpaired) electrons. The molecule has 29 heavy (non-hydrogen) atoms. The van der Waals surface area contributed by atoms with Gasteiger partial charge in [-0.3, -0.25) is 0 Å². The fourth-order valence-corrected chi connectivity index (χ4v) is 2.60. The van der Waals surface area contributed by atoms with E-state index in [0.717, 1.165) is 22.8 Å². The Morgan fingerprint density at radius 2 is 1.14 bits per heavy atom. The van der Waals surface area contributed by atoms with Crippen molar-refractivity contribution in [1.29, 1.82) is 0 Å². The Kier molecular flexibility index (Phi) is 7.92. The van der Waals surface area contributed by atoms with Gasteiger partial charge in [-0.2, -0.15) is 13.2 Å². The summed E-state index contributed by atoms with van der Waals surface area (Å²) in [5.41, 5.74) is 5.27. The molecule has 1 aliphatic heterocycles. The molecule has 10 heteroatoms. The van der Waals surface area contributed by atoms with Gasteiger partial charge in [0.15, 0.2) is 0 Å². The molecule has 1 aliphatic rings. The van der Waals surface area contributed by atoms with Crippen LogP contribution in [0.1, 0.15) is 5.56 Å². The molecule has 0 unspecified atom stereocenters. The van der Waals surface area contributed by atoms with Crippen molar-refractivity contribution in [2.45, 2.75) is 0 Å². The number of halogens is 1. The van der Waals surface area contributed by atoms with E-state index in [0.29, 0.717) is 0 Å². The number of amidine groups is 1. The van der Waals surface area contributed by atoms with Gasteiger partial charge in [-0.25, -0.2) is 0 Å². The van der Waals surface area contributed by atoms with Crippen LogP contribution in [-0.4, -0.2) is 5.84 Å². The van der Waals surface area contributed by atoms with Crippen LogP contribution in [-0.2, 0) is 4.57 Å². The maximum absolute atomic E-state index is 8.55. The second-order valence-corrected chi connectivity index (χ2v) is 6.63. The Bertz CT molecular complexity index is 963. The van der Waals surface area contributed by atoms with Crippen molar-refractivity contribution in [1.82, 2.24) is 0 Å².